The molecule has 0 spiro atoms. The molecule has 0 heterocycles. The largest absolute Gasteiger partial charge is 0.321 e. The quantitative estimate of drug-likeness (QED) is 0.504. The molecule has 0 aliphatic carbocycles. The van der Waals surface area contributed by atoms with Crippen molar-refractivity contribution in [1.29, 1.82) is 0 Å². The fourth-order valence-electron chi connectivity index (χ4n) is 3.08. The Balaban J connectivity index is 1.84. The van der Waals surface area contributed by atoms with E-state index in [4.69, 9.17) is 11.6 Å². The Morgan fingerprint density at radius 2 is 1.63 bits per heavy atom. The average molecular weight is 443 g/mol. The normalized spacial score (nSPS) is 11.4. The van der Waals surface area contributed by atoms with Gasteiger partial charge in [-0.3, -0.25) is 9.52 Å². The van der Waals surface area contributed by atoms with Crippen LogP contribution in [0.4, 0.5) is 11.4 Å². The topological polar surface area (TPSA) is 75.3 Å². The molecular formula is C23H23ClN2O3S. The van der Waals surface area contributed by atoms with Crippen LogP contribution >= 0.6 is 11.6 Å². The Bertz CT molecular complexity index is 1170. The van der Waals surface area contributed by atoms with Gasteiger partial charge >= 0.3 is 0 Å². The van der Waals surface area contributed by atoms with Crippen molar-refractivity contribution in [2.24, 2.45) is 0 Å². The van der Waals surface area contributed by atoms with E-state index in [2.05, 4.69) is 23.9 Å². The Morgan fingerprint density at radius 3 is 2.30 bits per heavy atom. The number of carbonyl (C=O) groups is 1. The Hall–Kier alpha value is -2.83. The molecule has 0 aliphatic heterocycles. The number of para-hydroxylation sites is 1. The molecule has 156 valence electrons. The van der Waals surface area contributed by atoms with Crippen LogP contribution in [0.15, 0.2) is 71.6 Å². The molecule has 0 saturated carbocycles. The van der Waals surface area contributed by atoms with Crippen molar-refractivity contribution >= 4 is 38.9 Å². The first-order chi connectivity index (χ1) is 14.2. The Kier molecular flexibility index (Phi) is 6.48. The summed E-state index contributed by atoms with van der Waals surface area (Å²) in [4.78, 5) is 12.9. The minimum absolute atomic E-state index is 0.0863. The van der Waals surface area contributed by atoms with Crippen molar-refractivity contribution in [2.45, 2.75) is 31.6 Å². The zero-order chi connectivity index (χ0) is 21.9. The van der Waals surface area contributed by atoms with E-state index in [1.165, 1.54) is 30.3 Å². The van der Waals surface area contributed by atoms with E-state index < -0.39 is 10.0 Å². The second kappa shape index (κ2) is 8.90. The lowest BCUT2D eigenvalue weighted by Gasteiger charge is -2.17. The van der Waals surface area contributed by atoms with Gasteiger partial charge in [0.05, 0.1) is 4.90 Å². The van der Waals surface area contributed by atoms with Crippen molar-refractivity contribution in [2.75, 3.05) is 10.0 Å². The van der Waals surface area contributed by atoms with E-state index in [1.54, 1.807) is 18.2 Å². The highest BCUT2D eigenvalue weighted by Gasteiger charge is 2.17. The molecule has 0 atom stereocenters. The molecule has 30 heavy (non-hydrogen) atoms. The molecule has 5 nitrogen and oxygen atoms in total. The molecular weight excluding hydrogens is 420 g/mol. The van der Waals surface area contributed by atoms with Gasteiger partial charge in [0, 0.05) is 22.0 Å². The summed E-state index contributed by atoms with van der Waals surface area (Å²) in [6.45, 7) is 6.07. The number of aryl methyl sites for hydroxylation is 1. The Labute approximate surface area is 182 Å². The molecule has 0 aromatic heterocycles. The third kappa shape index (κ3) is 5.01. The average Bonchev–Trinajstić information content (AvgIpc) is 2.69. The van der Waals surface area contributed by atoms with Crippen molar-refractivity contribution in [1.82, 2.24) is 0 Å². The summed E-state index contributed by atoms with van der Waals surface area (Å²) in [5, 5.41) is 3.42. The lowest BCUT2D eigenvalue weighted by atomic mass is 9.98. The number of anilines is 2. The Morgan fingerprint density at radius 1 is 0.967 bits per heavy atom. The maximum Gasteiger partial charge on any atom is 0.261 e. The first-order valence-electron chi connectivity index (χ1n) is 9.46. The van der Waals surface area contributed by atoms with E-state index in [1.807, 2.05) is 25.1 Å². The summed E-state index contributed by atoms with van der Waals surface area (Å²) >= 11 is 5.83. The second-order valence-electron chi connectivity index (χ2n) is 7.29. The van der Waals surface area contributed by atoms with Gasteiger partial charge in [-0.2, -0.15) is 0 Å². The molecule has 0 fully saturated rings. The SMILES string of the molecule is Cc1cccc(C(C)C)c1NC(=O)c1cccc(NS(=O)(=O)c2ccc(Cl)cc2)c1. The number of nitrogens with one attached hydrogen (secondary N) is 2. The molecule has 3 aromatic carbocycles. The number of benzene rings is 3. The molecule has 0 bridgehead atoms. The van der Waals surface area contributed by atoms with Gasteiger partial charge in [-0.05, 0) is 66.4 Å². The van der Waals surface area contributed by atoms with Crippen molar-refractivity contribution in [3.05, 3.63) is 88.4 Å². The number of rotatable bonds is 6. The lowest BCUT2D eigenvalue weighted by Crippen LogP contribution is -2.16. The molecule has 0 aliphatic rings. The van der Waals surface area contributed by atoms with E-state index in [0.29, 0.717) is 16.3 Å². The highest BCUT2D eigenvalue weighted by molar-refractivity contribution is 7.92. The van der Waals surface area contributed by atoms with E-state index in [0.717, 1.165) is 16.8 Å². The van der Waals surface area contributed by atoms with Gasteiger partial charge in [-0.1, -0.05) is 49.7 Å². The highest BCUT2D eigenvalue weighted by atomic mass is 35.5. The smallest absolute Gasteiger partial charge is 0.261 e. The van der Waals surface area contributed by atoms with Crippen molar-refractivity contribution in [3.8, 4) is 0 Å². The molecule has 7 heteroatoms. The van der Waals surface area contributed by atoms with Crippen LogP contribution in [0.1, 0.15) is 41.3 Å². The van der Waals surface area contributed by atoms with Crippen LogP contribution < -0.4 is 10.0 Å². The van der Waals surface area contributed by atoms with E-state index >= 15 is 0 Å². The van der Waals surface area contributed by atoms with Gasteiger partial charge in [-0.15, -0.1) is 0 Å². The zero-order valence-corrected chi connectivity index (χ0v) is 18.5. The van der Waals surface area contributed by atoms with E-state index in [-0.39, 0.29) is 16.7 Å². The number of hydrogen-bond acceptors (Lipinski definition) is 3. The van der Waals surface area contributed by atoms with E-state index in [9.17, 15) is 13.2 Å². The third-order valence-corrected chi connectivity index (χ3v) is 6.32. The number of hydrogen-bond donors (Lipinski definition) is 2. The molecule has 0 radical (unpaired) electrons. The monoisotopic (exact) mass is 442 g/mol. The first-order valence-corrected chi connectivity index (χ1v) is 11.3. The van der Waals surface area contributed by atoms with Crippen LogP contribution in [0.3, 0.4) is 0 Å². The van der Waals surface area contributed by atoms with Gasteiger partial charge in [-0.25, -0.2) is 8.42 Å². The molecule has 1 amide bonds. The third-order valence-electron chi connectivity index (χ3n) is 4.67. The molecule has 0 unspecified atom stereocenters. The summed E-state index contributed by atoms with van der Waals surface area (Å²) < 4.78 is 27.7. The standard InChI is InChI=1S/C23H23ClN2O3S/c1-15(2)21-9-4-6-16(3)22(21)25-23(27)17-7-5-8-19(14-17)26-30(28,29)20-12-10-18(24)11-13-20/h4-15,26H,1-3H3,(H,25,27). The fraction of sp³-hybridized carbons (Fsp3) is 0.174. The summed E-state index contributed by atoms with van der Waals surface area (Å²) in [5.41, 5.74) is 3.44. The lowest BCUT2D eigenvalue weighted by molar-refractivity contribution is 0.102. The van der Waals surface area contributed by atoms with Gasteiger partial charge in [0.1, 0.15) is 0 Å². The fourth-order valence-corrected chi connectivity index (χ4v) is 4.26. The summed E-state index contributed by atoms with van der Waals surface area (Å²) in [6.07, 6.45) is 0. The van der Waals surface area contributed by atoms with Crippen molar-refractivity contribution < 1.29 is 13.2 Å². The second-order valence-corrected chi connectivity index (χ2v) is 9.41. The summed E-state index contributed by atoms with van der Waals surface area (Å²) in [5.74, 6) is -0.0588. The summed E-state index contributed by atoms with van der Waals surface area (Å²) in [6, 6.07) is 18.1. The van der Waals surface area contributed by atoms with Gasteiger partial charge in [0.25, 0.3) is 15.9 Å². The number of amides is 1. The van der Waals surface area contributed by atoms with Crippen molar-refractivity contribution in [3.63, 3.8) is 0 Å². The molecule has 3 aromatic rings. The van der Waals surface area contributed by atoms with Gasteiger partial charge in [0.2, 0.25) is 0 Å². The number of halogens is 1. The van der Waals surface area contributed by atoms with Crippen LogP contribution in [-0.2, 0) is 10.0 Å². The maximum atomic E-state index is 12.9. The van der Waals surface area contributed by atoms with Crippen LogP contribution in [0.5, 0.6) is 0 Å². The van der Waals surface area contributed by atoms with Gasteiger partial charge in [0.15, 0.2) is 0 Å². The van der Waals surface area contributed by atoms with Crippen LogP contribution in [0.25, 0.3) is 0 Å². The van der Waals surface area contributed by atoms with Crippen LogP contribution in [0.2, 0.25) is 5.02 Å². The van der Waals surface area contributed by atoms with Crippen LogP contribution in [-0.4, -0.2) is 14.3 Å². The van der Waals surface area contributed by atoms with Crippen LogP contribution in [0, 0.1) is 6.92 Å². The zero-order valence-electron chi connectivity index (χ0n) is 16.9. The number of sulfonamides is 1. The predicted molar refractivity (Wildman–Crippen MR) is 122 cm³/mol. The highest BCUT2D eigenvalue weighted by Crippen LogP contribution is 2.28. The minimum atomic E-state index is -3.80. The number of carbonyl (C=O) groups excluding carboxylic acids is 1. The first kappa shape index (κ1) is 21.9. The summed E-state index contributed by atoms with van der Waals surface area (Å²) in [7, 11) is -3.80. The molecule has 3 rings (SSSR count). The predicted octanol–water partition coefficient (Wildman–Crippen LogP) is 5.82. The molecule has 2 N–H and O–H groups in total. The maximum absolute atomic E-state index is 12.9. The molecule has 0 saturated heterocycles. The van der Waals surface area contributed by atoms with Gasteiger partial charge < -0.3 is 5.32 Å². The minimum Gasteiger partial charge on any atom is -0.321 e.